The van der Waals surface area contributed by atoms with Crippen molar-refractivity contribution in [2.75, 3.05) is 11.9 Å². The van der Waals surface area contributed by atoms with Crippen LogP contribution in [0.5, 0.6) is 5.75 Å². The van der Waals surface area contributed by atoms with Crippen molar-refractivity contribution in [2.45, 2.75) is 53.9 Å². The van der Waals surface area contributed by atoms with Gasteiger partial charge in [0.1, 0.15) is 5.75 Å². The van der Waals surface area contributed by atoms with Gasteiger partial charge in [-0.3, -0.25) is 4.79 Å². The number of carbonyl (C=O) groups is 2. The average Bonchev–Trinajstić information content (AvgIpc) is 2.71. The molecular formula is C26H33NO4. The number of amides is 1. The second kappa shape index (κ2) is 10.8. The van der Waals surface area contributed by atoms with E-state index in [4.69, 9.17) is 9.84 Å². The van der Waals surface area contributed by atoms with Gasteiger partial charge in [0.05, 0.1) is 6.61 Å². The van der Waals surface area contributed by atoms with Crippen LogP contribution >= 0.6 is 0 Å². The Morgan fingerprint density at radius 1 is 1.13 bits per heavy atom. The minimum atomic E-state index is -0.976. The fourth-order valence-electron chi connectivity index (χ4n) is 3.31. The molecule has 2 N–H and O–H groups in total. The molecular weight excluding hydrogens is 390 g/mol. The van der Waals surface area contributed by atoms with Crippen LogP contribution in [0.4, 0.5) is 5.69 Å². The van der Waals surface area contributed by atoms with Gasteiger partial charge in [-0.25, -0.2) is 4.79 Å². The van der Waals surface area contributed by atoms with Crippen molar-refractivity contribution < 1.29 is 19.4 Å². The number of carboxylic acid groups (broad SMARTS) is 1. The lowest BCUT2D eigenvalue weighted by molar-refractivity contribution is -0.131. The van der Waals surface area contributed by atoms with Gasteiger partial charge in [-0.15, -0.1) is 0 Å². The molecule has 0 unspecified atom stereocenters. The first kappa shape index (κ1) is 24.2. The van der Waals surface area contributed by atoms with Gasteiger partial charge >= 0.3 is 5.97 Å². The first-order valence-corrected chi connectivity index (χ1v) is 10.7. The highest BCUT2D eigenvalue weighted by atomic mass is 16.5. The Morgan fingerprint density at radius 3 is 2.55 bits per heavy atom. The number of hydrogen-bond acceptors (Lipinski definition) is 3. The number of aryl methyl sites for hydroxylation is 2. The smallest absolute Gasteiger partial charge is 0.328 e. The van der Waals surface area contributed by atoms with Gasteiger partial charge in [-0.05, 0) is 73.6 Å². The van der Waals surface area contributed by atoms with E-state index in [-0.39, 0.29) is 5.91 Å². The molecule has 5 nitrogen and oxygen atoms in total. The summed E-state index contributed by atoms with van der Waals surface area (Å²) in [4.78, 5) is 23.9. The van der Waals surface area contributed by atoms with E-state index in [1.165, 1.54) is 6.08 Å². The maximum atomic E-state index is 12.9. The quantitative estimate of drug-likeness (QED) is 0.363. The van der Waals surface area contributed by atoms with Crippen LogP contribution in [0.1, 0.15) is 56.7 Å². The first-order valence-electron chi connectivity index (χ1n) is 10.7. The molecule has 5 heteroatoms. The van der Waals surface area contributed by atoms with Gasteiger partial charge in [0.25, 0.3) is 0 Å². The van der Waals surface area contributed by atoms with Gasteiger partial charge in [0, 0.05) is 17.2 Å². The van der Waals surface area contributed by atoms with Crippen molar-refractivity contribution in [3.05, 3.63) is 65.2 Å². The second-order valence-electron chi connectivity index (χ2n) is 8.50. The largest absolute Gasteiger partial charge is 0.493 e. The monoisotopic (exact) mass is 423 g/mol. The third-order valence-electron chi connectivity index (χ3n) is 5.33. The molecule has 2 rings (SSSR count). The molecule has 0 aliphatic heterocycles. The van der Waals surface area contributed by atoms with Crippen molar-refractivity contribution in [1.82, 2.24) is 0 Å². The van der Waals surface area contributed by atoms with Crippen molar-refractivity contribution in [3.63, 3.8) is 0 Å². The zero-order valence-electron chi connectivity index (χ0n) is 19.1. The van der Waals surface area contributed by atoms with Crippen LogP contribution in [0.2, 0.25) is 0 Å². The Kier molecular flexibility index (Phi) is 8.43. The molecule has 2 aromatic rings. The summed E-state index contributed by atoms with van der Waals surface area (Å²) in [7, 11) is 0. The van der Waals surface area contributed by atoms with Crippen LogP contribution in [0.3, 0.4) is 0 Å². The zero-order chi connectivity index (χ0) is 23.0. The van der Waals surface area contributed by atoms with E-state index < -0.39 is 11.4 Å². The fourth-order valence-corrected chi connectivity index (χ4v) is 3.31. The Hall–Kier alpha value is -3.08. The molecule has 2 aromatic carbocycles. The van der Waals surface area contributed by atoms with Crippen LogP contribution in [0.15, 0.2) is 48.5 Å². The van der Waals surface area contributed by atoms with Crippen molar-refractivity contribution in [3.8, 4) is 5.75 Å². The van der Waals surface area contributed by atoms with E-state index in [1.54, 1.807) is 0 Å². The normalized spacial score (nSPS) is 11.8. The van der Waals surface area contributed by atoms with Crippen LogP contribution in [-0.4, -0.2) is 23.6 Å². The van der Waals surface area contributed by atoms with E-state index in [1.807, 2.05) is 71.0 Å². The Morgan fingerprint density at radius 2 is 1.87 bits per heavy atom. The molecule has 0 bridgehead atoms. The van der Waals surface area contributed by atoms with Gasteiger partial charge in [-0.1, -0.05) is 45.0 Å². The van der Waals surface area contributed by atoms with E-state index in [9.17, 15) is 9.59 Å². The molecule has 0 aromatic heterocycles. The topological polar surface area (TPSA) is 75.6 Å². The lowest BCUT2D eigenvalue weighted by atomic mass is 9.86. The van der Waals surface area contributed by atoms with E-state index in [0.29, 0.717) is 30.7 Å². The summed E-state index contributed by atoms with van der Waals surface area (Å²) in [5.74, 6) is -0.160. The maximum Gasteiger partial charge on any atom is 0.328 e. The van der Waals surface area contributed by atoms with E-state index in [2.05, 4.69) is 11.4 Å². The van der Waals surface area contributed by atoms with Crippen LogP contribution in [0.25, 0.3) is 5.57 Å². The number of carbonyl (C=O) groups excluding carboxylic acids is 1. The molecule has 0 aliphatic rings. The van der Waals surface area contributed by atoms with Crippen molar-refractivity contribution >= 4 is 23.1 Å². The van der Waals surface area contributed by atoms with Crippen molar-refractivity contribution in [2.24, 2.45) is 5.41 Å². The molecule has 31 heavy (non-hydrogen) atoms. The third kappa shape index (κ3) is 7.28. The summed E-state index contributed by atoms with van der Waals surface area (Å²) in [6, 6.07) is 13.4. The molecule has 0 spiro atoms. The predicted molar refractivity (Wildman–Crippen MR) is 125 cm³/mol. The van der Waals surface area contributed by atoms with E-state index >= 15 is 0 Å². The number of rotatable bonds is 10. The molecule has 0 radical (unpaired) electrons. The average molecular weight is 424 g/mol. The molecule has 0 fully saturated rings. The maximum absolute atomic E-state index is 12.9. The summed E-state index contributed by atoms with van der Waals surface area (Å²) in [5, 5.41) is 12.0. The molecule has 0 saturated heterocycles. The number of carboxylic acids is 1. The van der Waals surface area contributed by atoms with Crippen molar-refractivity contribution in [1.29, 1.82) is 0 Å². The first-order chi connectivity index (χ1) is 14.6. The molecule has 0 heterocycles. The van der Waals surface area contributed by atoms with Gasteiger partial charge < -0.3 is 15.2 Å². The summed E-state index contributed by atoms with van der Waals surface area (Å²) < 4.78 is 5.91. The molecule has 166 valence electrons. The highest BCUT2D eigenvalue weighted by molar-refractivity contribution is 5.95. The summed E-state index contributed by atoms with van der Waals surface area (Å²) >= 11 is 0. The Bertz CT molecular complexity index is 960. The lowest BCUT2D eigenvalue weighted by Crippen LogP contribution is -2.31. The van der Waals surface area contributed by atoms with Crippen LogP contribution in [0, 0.1) is 19.3 Å². The fraction of sp³-hybridized carbons (Fsp3) is 0.385. The van der Waals surface area contributed by atoms with E-state index in [0.717, 1.165) is 28.9 Å². The summed E-state index contributed by atoms with van der Waals surface area (Å²) in [6.07, 6.45) is 3.24. The Labute approximate surface area is 185 Å². The highest BCUT2D eigenvalue weighted by Crippen LogP contribution is 2.27. The minimum Gasteiger partial charge on any atom is -0.493 e. The van der Waals surface area contributed by atoms with Gasteiger partial charge in [0.2, 0.25) is 5.91 Å². The van der Waals surface area contributed by atoms with Gasteiger partial charge in [0.15, 0.2) is 0 Å². The van der Waals surface area contributed by atoms with Gasteiger partial charge in [-0.2, -0.15) is 0 Å². The number of hydrogen-bond donors (Lipinski definition) is 2. The number of ether oxygens (including phenoxy) is 1. The summed E-state index contributed by atoms with van der Waals surface area (Å²) in [6.45, 7) is 10.4. The molecule has 0 saturated carbocycles. The second-order valence-corrected chi connectivity index (χ2v) is 8.50. The predicted octanol–water partition coefficient (Wildman–Crippen LogP) is 6.01. The summed E-state index contributed by atoms with van der Waals surface area (Å²) in [5.41, 5.74) is 3.87. The van der Waals surface area contributed by atoms with Crippen LogP contribution in [-0.2, 0) is 9.59 Å². The number of allylic oxidation sites excluding steroid dienone is 1. The number of nitrogens with one attached hydrogen (secondary N) is 1. The van der Waals surface area contributed by atoms with Crippen LogP contribution < -0.4 is 10.1 Å². The number of aliphatic carboxylic acids is 1. The Balaban J connectivity index is 1.95. The molecule has 0 atom stereocenters. The number of anilines is 1. The number of benzene rings is 2. The zero-order valence-corrected chi connectivity index (χ0v) is 19.1. The third-order valence-corrected chi connectivity index (χ3v) is 5.33. The lowest BCUT2D eigenvalue weighted by Gasteiger charge is -2.24. The highest BCUT2D eigenvalue weighted by Gasteiger charge is 2.27. The minimum absolute atomic E-state index is 0.0725. The standard InChI is InChI=1S/C26H33NO4/c1-6-20(17-24(28)29)21-9-7-10-22(16-21)27-25(30)26(4,5)13-8-14-31-23-15-18(2)11-12-19(23)3/h7,9-12,15-17H,6,8,13-14H2,1-5H3,(H,27,30)(H,28,29). The SMILES string of the molecule is CCC(=CC(=O)O)c1cccc(NC(=O)C(C)(C)CCCOc2cc(C)ccc2C)c1. The molecule has 0 aliphatic carbocycles. The molecule has 1 amide bonds.